The molecule has 1 aliphatic carbocycles. The molecule has 0 atom stereocenters. The van der Waals surface area contributed by atoms with Gasteiger partial charge in [0.25, 0.3) is 0 Å². The van der Waals surface area contributed by atoms with E-state index in [4.69, 9.17) is 9.47 Å². The molecule has 0 bridgehead atoms. The molecule has 0 unspecified atom stereocenters. The first kappa shape index (κ1) is 13.2. The summed E-state index contributed by atoms with van der Waals surface area (Å²) < 4.78 is 10.1. The quantitative estimate of drug-likeness (QED) is 0.474. The van der Waals surface area contributed by atoms with E-state index in [0.717, 1.165) is 28.9 Å². The zero-order valence-corrected chi connectivity index (χ0v) is 11.0. The van der Waals surface area contributed by atoms with Gasteiger partial charge in [0.05, 0.1) is 13.7 Å². The number of methoxy groups -OCH3 is 1. The normalized spacial score (nSPS) is 15.4. The van der Waals surface area contributed by atoms with Crippen LogP contribution >= 0.6 is 0 Å². The lowest BCUT2D eigenvalue weighted by molar-refractivity contribution is -0.137. The molecule has 1 aromatic rings. The van der Waals surface area contributed by atoms with Crippen LogP contribution in [0.3, 0.4) is 0 Å². The lowest BCUT2D eigenvalue weighted by atomic mass is 10.0. The molecular weight excluding hydrogens is 242 g/mol. The minimum Gasteiger partial charge on any atom is -0.497 e. The number of carbonyl (C=O) groups is 1. The Morgan fingerprint density at radius 3 is 2.84 bits per heavy atom. The molecule has 4 heteroatoms. The highest BCUT2D eigenvalue weighted by Crippen LogP contribution is 2.36. The first-order valence-electron chi connectivity index (χ1n) is 6.19. The van der Waals surface area contributed by atoms with Crippen LogP contribution in [0.2, 0.25) is 0 Å². The van der Waals surface area contributed by atoms with Crippen molar-refractivity contribution in [3.8, 4) is 11.8 Å². The van der Waals surface area contributed by atoms with Crippen molar-refractivity contribution >= 4 is 11.5 Å². The SMILES string of the molecule is CCOC(=O)/C(C#N)=C1\CCc2cc(OC)ccc21. The molecule has 0 fully saturated rings. The van der Waals surface area contributed by atoms with Crippen LogP contribution < -0.4 is 4.74 Å². The number of carbonyl (C=O) groups excluding carboxylic acids is 1. The number of benzene rings is 1. The summed E-state index contributed by atoms with van der Waals surface area (Å²) in [5.74, 6) is 0.248. The number of fused-ring (bicyclic) bond motifs is 1. The standard InChI is InChI=1S/C15H15NO3/c1-3-19-15(17)14(9-16)13-6-4-10-8-11(18-2)5-7-12(10)13/h5,7-8H,3-4,6H2,1-2H3/b14-13+. The maximum absolute atomic E-state index is 11.8. The largest absolute Gasteiger partial charge is 0.497 e. The fourth-order valence-corrected chi connectivity index (χ4v) is 2.29. The monoisotopic (exact) mass is 257 g/mol. The number of nitriles is 1. The topological polar surface area (TPSA) is 59.3 Å². The van der Waals surface area contributed by atoms with Gasteiger partial charge in [-0.1, -0.05) is 6.07 Å². The van der Waals surface area contributed by atoms with Gasteiger partial charge in [0.1, 0.15) is 17.4 Å². The fraction of sp³-hybridized carbons (Fsp3) is 0.333. The minimum atomic E-state index is -0.538. The van der Waals surface area contributed by atoms with Gasteiger partial charge in [-0.05, 0) is 48.6 Å². The van der Waals surface area contributed by atoms with Crippen LogP contribution in [0.15, 0.2) is 23.8 Å². The highest BCUT2D eigenvalue weighted by molar-refractivity contribution is 6.02. The zero-order chi connectivity index (χ0) is 13.8. The van der Waals surface area contributed by atoms with Crippen LogP contribution in [0.25, 0.3) is 5.57 Å². The molecule has 0 N–H and O–H groups in total. The molecule has 0 amide bonds. The summed E-state index contributed by atoms with van der Waals surface area (Å²) in [6, 6.07) is 7.65. The third kappa shape index (κ3) is 2.45. The number of esters is 1. The lowest BCUT2D eigenvalue weighted by Gasteiger charge is -2.06. The highest BCUT2D eigenvalue weighted by Gasteiger charge is 2.24. The van der Waals surface area contributed by atoms with Crippen molar-refractivity contribution in [2.24, 2.45) is 0 Å². The summed E-state index contributed by atoms with van der Waals surface area (Å²) >= 11 is 0. The Morgan fingerprint density at radius 1 is 1.42 bits per heavy atom. The van der Waals surface area contributed by atoms with Gasteiger partial charge in [0, 0.05) is 0 Å². The number of allylic oxidation sites excluding steroid dienone is 1. The summed E-state index contributed by atoms with van der Waals surface area (Å²) in [5, 5.41) is 9.18. The molecule has 0 radical (unpaired) electrons. The van der Waals surface area contributed by atoms with Gasteiger partial charge >= 0.3 is 5.97 Å². The Hall–Kier alpha value is -2.28. The van der Waals surface area contributed by atoms with Crippen LogP contribution in [-0.4, -0.2) is 19.7 Å². The van der Waals surface area contributed by atoms with Crippen LogP contribution in [-0.2, 0) is 16.0 Å². The van der Waals surface area contributed by atoms with Crippen LogP contribution in [0.5, 0.6) is 5.75 Å². The first-order valence-corrected chi connectivity index (χ1v) is 6.19. The number of hydrogen-bond donors (Lipinski definition) is 0. The predicted molar refractivity (Wildman–Crippen MR) is 70.5 cm³/mol. The van der Waals surface area contributed by atoms with E-state index in [1.165, 1.54) is 0 Å². The average molecular weight is 257 g/mol. The Morgan fingerprint density at radius 2 is 2.21 bits per heavy atom. The third-order valence-electron chi connectivity index (χ3n) is 3.18. The number of ether oxygens (including phenoxy) is 2. The third-order valence-corrected chi connectivity index (χ3v) is 3.18. The van der Waals surface area contributed by atoms with Crippen molar-refractivity contribution in [1.82, 2.24) is 0 Å². The molecule has 1 aromatic carbocycles. The van der Waals surface area contributed by atoms with Crippen molar-refractivity contribution in [3.63, 3.8) is 0 Å². The van der Waals surface area contributed by atoms with Crippen molar-refractivity contribution < 1.29 is 14.3 Å². The molecule has 2 rings (SSSR count). The Labute approximate surface area is 112 Å². The fourth-order valence-electron chi connectivity index (χ4n) is 2.29. The lowest BCUT2D eigenvalue weighted by Crippen LogP contribution is -2.08. The van der Waals surface area contributed by atoms with Gasteiger partial charge < -0.3 is 9.47 Å². The Kier molecular flexibility index (Phi) is 3.86. The average Bonchev–Trinajstić information content (AvgIpc) is 2.83. The molecule has 0 heterocycles. The Bertz CT molecular complexity index is 582. The number of nitrogens with zero attached hydrogens (tertiary/aromatic N) is 1. The summed E-state index contributed by atoms with van der Waals surface area (Å²) in [7, 11) is 1.62. The molecule has 0 aliphatic heterocycles. The maximum Gasteiger partial charge on any atom is 0.349 e. The van der Waals surface area contributed by atoms with E-state index in [9.17, 15) is 10.1 Å². The molecule has 0 saturated carbocycles. The van der Waals surface area contributed by atoms with Crippen LogP contribution in [0.1, 0.15) is 24.5 Å². The van der Waals surface area contributed by atoms with Crippen molar-refractivity contribution in [2.45, 2.75) is 19.8 Å². The van der Waals surface area contributed by atoms with Crippen molar-refractivity contribution in [1.29, 1.82) is 5.26 Å². The molecule has 4 nitrogen and oxygen atoms in total. The van der Waals surface area contributed by atoms with Gasteiger partial charge in [0.2, 0.25) is 0 Å². The van der Waals surface area contributed by atoms with Gasteiger partial charge in [-0.25, -0.2) is 4.79 Å². The summed E-state index contributed by atoms with van der Waals surface area (Å²) in [4.78, 5) is 11.8. The smallest absolute Gasteiger partial charge is 0.349 e. The Balaban J connectivity index is 2.45. The van der Waals surface area contributed by atoms with Crippen molar-refractivity contribution in [3.05, 3.63) is 34.9 Å². The molecule has 0 saturated heterocycles. The second kappa shape index (κ2) is 5.57. The van der Waals surface area contributed by atoms with Gasteiger partial charge in [-0.15, -0.1) is 0 Å². The van der Waals surface area contributed by atoms with E-state index in [1.54, 1.807) is 14.0 Å². The molecule has 98 valence electrons. The van der Waals surface area contributed by atoms with E-state index in [0.29, 0.717) is 6.42 Å². The van der Waals surface area contributed by atoms with Crippen LogP contribution in [0, 0.1) is 11.3 Å². The van der Waals surface area contributed by atoms with Crippen molar-refractivity contribution in [2.75, 3.05) is 13.7 Å². The van der Waals surface area contributed by atoms with E-state index in [-0.39, 0.29) is 12.2 Å². The molecule has 1 aliphatic rings. The second-order valence-electron chi connectivity index (χ2n) is 4.21. The van der Waals surface area contributed by atoms with Gasteiger partial charge in [-0.2, -0.15) is 5.26 Å². The predicted octanol–water partition coefficient (Wildman–Crippen LogP) is 2.48. The number of rotatable bonds is 3. The van der Waals surface area contributed by atoms with E-state index in [1.807, 2.05) is 24.3 Å². The van der Waals surface area contributed by atoms with E-state index >= 15 is 0 Å². The molecular formula is C15H15NO3. The maximum atomic E-state index is 11.8. The molecule has 19 heavy (non-hydrogen) atoms. The molecule has 0 aromatic heterocycles. The first-order chi connectivity index (χ1) is 9.21. The van der Waals surface area contributed by atoms with Gasteiger partial charge in [0.15, 0.2) is 0 Å². The highest BCUT2D eigenvalue weighted by atomic mass is 16.5. The molecule has 0 spiro atoms. The zero-order valence-electron chi connectivity index (χ0n) is 11.0. The summed E-state index contributed by atoms with van der Waals surface area (Å²) in [5.41, 5.74) is 2.95. The second-order valence-corrected chi connectivity index (χ2v) is 4.21. The van der Waals surface area contributed by atoms with E-state index in [2.05, 4.69) is 0 Å². The van der Waals surface area contributed by atoms with E-state index < -0.39 is 5.97 Å². The summed E-state index contributed by atoms with van der Waals surface area (Å²) in [6.07, 6.45) is 1.50. The minimum absolute atomic E-state index is 0.116. The summed E-state index contributed by atoms with van der Waals surface area (Å²) in [6.45, 7) is 2.00. The van der Waals surface area contributed by atoms with Gasteiger partial charge in [-0.3, -0.25) is 0 Å². The number of hydrogen-bond acceptors (Lipinski definition) is 4. The number of aryl methyl sites for hydroxylation is 1. The van der Waals surface area contributed by atoms with Crippen LogP contribution in [0.4, 0.5) is 0 Å².